The van der Waals surface area contributed by atoms with Crippen LogP contribution in [0.5, 0.6) is 0 Å². The molecule has 6 heteroatoms. The molecule has 0 bridgehead atoms. The maximum atomic E-state index is 10.8. The third-order valence-electron chi connectivity index (χ3n) is 1.13. The van der Waals surface area contributed by atoms with Gasteiger partial charge in [-0.1, -0.05) is 0 Å². The van der Waals surface area contributed by atoms with Gasteiger partial charge in [0.05, 0.1) is 0 Å². The van der Waals surface area contributed by atoms with Crippen molar-refractivity contribution in [2.24, 2.45) is 0 Å². The van der Waals surface area contributed by atoms with Gasteiger partial charge in [-0.05, 0) is 0 Å². The van der Waals surface area contributed by atoms with Crippen molar-refractivity contribution in [3.63, 3.8) is 0 Å². The predicted molar refractivity (Wildman–Crippen MR) is 35.0 cm³/mol. The first-order chi connectivity index (χ1) is 5.25. The Balaban J connectivity index is 3.22. The fraction of sp³-hybridized carbons (Fsp3) is 0.200. The smallest absolute Gasteiger partial charge is 0.314 e. The summed E-state index contributed by atoms with van der Waals surface area (Å²) in [5.41, 5.74) is -1.14. The van der Waals surface area contributed by atoms with E-state index in [0.29, 0.717) is 4.57 Å². The Labute approximate surface area is 60.6 Å². The molecule has 0 amide bonds. The Morgan fingerprint density at radius 2 is 2.36 bits per heavy atom. The molecule has 0 aliphatic rings. The van der Waals surface area contributed by atoms with E-state index in [1.807, 2.05) is 0 Å². The van der Waals surface area contributed by atoms with E-state index in [2.05, 4.69) is 9.87 Å². The van der Waals surface area contributed by atoms with Crippen molar-refractivity contribution < 1.29 is 10.1 Å². The minimum absolute atomic E-state index is 0.463. The monoisotopic (exact) mass is 158 g/mol. The van der Waals surface area contributed by atoms with Crippen molar-refractivity contribution in [1.29, 1.82) is 0 Å². The minimum Gasteiger partial charge on any atom is -0.314 e. The molecule has 0 fully saturated rings. The number of nitrogens with one attached hydrogen (secondary N) is 1. The maximum Gasteiger partial charge on any atom is 0.330 e. The molecule has 0 unspecified atom stereocenters. The largest absolute Gasteiger partial charge is 0.330 e. The summed E-state index contributed by atoms with van der Waals surface area (Å²) in [7, 11) is 0. The van der Waals surface area contributed by atoms with Gasteiger partial charge in [0.15, 0.2) is 6.73 Å². The number of nitrogens with zero attached hydrogens (tertiary/aromatic N) is 1. The third kappa shape index (κ3) is 1.54. The fourth-order valence-electron chi connectivity index (χ4n) is 0.632. The first-order valence-corrected chi connectivity index (χ1v) is 2.80. The van der Waals surface area contributed by atoms with Crippen molar-refractivity contribution in [3.05, 3.63) is 33.1 Å². The van der Waals surface area contributed by atoms with Gasteiger partial charge in [0.2, 0.25) is 0 Å². The highest BCUT2D eigenvalue weighted by Crippen LogP contribution is 1.70. The second kappa shape index (κ2) is 3.13. The van der Waals surface area contributed by atoms with Gasteiger partial charge < -0.3 is 4.98 Å². The molecule has 0 saturated carbocycles. The summed E-state index contributed by atoms with van der Waals surface area (Å²) in [6.07, 6.45) is 1.22. The molecule has 0 radical (unpaired) electrons. The Bertz CT molecular complexity index is 311. The molecule has 60 valence electrons. The molecule has 1 rings (SSSR count). The van der Waals surface area contributed by atoms with Crippen molar-refractivity contribution in [1.82, 2.24) is 9.55 Å². The van der Waals surface area contributed by atoms with Crippen LogP contribution in [0, 0.1) is 0 Å². The van der Waals surface area contributed by atoms with E-state index in [4.69, 9.17) is 5.26 Å². The average Bonchev–Trinajstić information content (AvgIpc) is 1.97. The minimum atomic E-state index is -0.619. The van der Waals surface area contributed by atoms with Crippen LogP contribution in [0.3, 0.4) is 0 Å². The molecule has 1 aromatic heterocycles. The van der Waals surface area contributed by atoms with E-state index in [1.54, 1.807) is 0 Å². The third-order valence-corrected chi connectivity index (χ3v) is 1.13. The second-order valence-electron chi connectivity index (χ2n) is 1.81. The Hall–Kier alpha value is -1.40. The van der Waals surface area contributed by atoms with Gasteiger partial charge in [-0.3, -0.25) is 4.79 Å². The lowest BCUT2D eigenvalue weighted by Gasteiger charge is -1.97. The zero-order chi connectivity index (χ0) is 8.27. The van der Waals surface area contributed by atoms with Crippen molar-refractivity contribution >= 4 is 0 Å². The normalized spacial score (nSPS) is 9.91. The first kappa shape index (κ1) is 7.70. The molecule has 0 spiro atoms. The molecule has 11 heavy (non-hydrogen) atoms. The number of aromatic amines is 1. The summed E-state index contributed by atoms with van der Waals surface area (Å²) in [5.74, 6) is 0. The molecular weight excluding hydrogens is 152 g/mol. The van der Waals surface area contributed by atoms with Crippen LogP contribution in [0.15, 0.2) is 21.9 Å². The molecule has 0 aliphatic heterocycles. The lowest BCUT2D eigenvalue weighted by molar-refractivity contribution is -0.270. The van der Waals surface area contributed by atoms with E-state index < -0.39 is 18.0 Å². The van der Waals surface area contributed by atoms with Crippen LogP contribution in [0.2, 0.25) is 0 Å². The number of hydrogen-bond donors (Lipinski definition) is 2. The summed E-state index contributed by atoms with van der Waals surface area (Å²) < 4.78 is 0.708. The highest BCUT2D eigenvalue weighted by Gasteiger charge is 1.97. The van der Waals surface area contributed by atoms with Crippen LogP contribution in [-0.2, 0) is 11.6 Å². The molecule has 1 aromatic rings. The van der Waals surface area contributed by atoms with Gasteiger partial charge in [0.25, 0.3) is 5.56 Å². The van der Waals surface area contributed by atoms with Crippen molar-refractivity contribution in [2.75, 3.05) is 0 Å². The quantitative estimate of drug-likeness (QED) is 0.426. The van der Waals surface area contributed by atoms with Crippen LogP contribution in [0.25, 0.3) is 0 Å². The number of rotatable bonds is 2. The van der Waals surface area contributed by atoms with Gasteiger partial charge >= 0.3 is 5.69 Å². The number of aromatic nitrogens is 2. The molecule has 6 nitrogen and oxygen atoms in total. The van der Waals surface area contributed by atoms with Crippen LogP contribution in [-0.4, -0.2) is 14.8 Å². The Morgan fingerprint density at radius 3 is 2.91 bits per heavy atom. The highest BCUT2D eigenvalue weighted by atomic mass is 17.1. The van der Waals surface area contributed by atoms with Crippen LogP contribution < -0.4 is 11.2 Å². The van der Waals surface area contributed by atoms with Crippen molar-refractivity contribution in [3.8, 4) is 0 Å². The van der Waals surface area contributed by atoms with E-state index >= 15 is 0 Å². The predicted octanol–water partition coefficient (Wildman–Crippen LogP) is -1.02. The van der Waals surface area contributed by atoms with E-state index in [9.17, 15) is 9.59 Å². The zero-order valence-electron chi connectivity index (χ0n) is 5.48. The molecule has 1 heterocycles. The van der Waals surface area contributed by atoms with Crippen LogP contribution in [0.1, 0.15) is 0 Å². The molecule has 0 aliphatic carbocycles. The molecular formula is C5H6N2O4. The molecule has 0 aromatic carbocycles. The van der Waals surface area contributed by atoms with Crippen molar-refractivity contribution in [2.45, 2.75) is 6.73 Å². The Morgan fingerprint density at radius 1 is 1.64 bits per heavy atom. The second-order valence-corrected chi connectivity index (χ2v) is 1.81. The lowest BCUT2D eigenvalue weighted by Crippen LogP contribution is -2.34. The van der Waals surface area contributed by atoms with Gasteiger partial charge in [-0.15, -0.1) is 0 Å². The van der Waals surface area contributed by atoms with Crippen LogP contribution >= 0.6 is 0 Å². The van der Waals surface area contributed by atoms with Crippen LogP contribution in [0.4, 0.5) is 0 Å². The molecule has 2 N–H and O–H groups in total. The topological polar surface area (TPSA) is 84.3 Å². The first-order valence-electron chi connectivity index (χ1n) is 2.80. The van der Waals surface area contributed by atoms with Gasteiger partial charge in [0.1, 0.15) is 0 Å². The summed E-state index contributed by atoms with van der Waals surface area (Å²) in [5, 5.41) is 7.96. The zero-order valence-corrected chi connectivity index (χ0v) is 5.48. The summed E-state index contributed by atoms with van der Waals surface area (Å²) >= 11 is 0. The lowest BCUT2D eigenvalue weighted by atomic mass is 10.6. The molecule has 0 saturated heterocycles. The van der Waals surface area contributed by atoms with Gasteiger partial charge in [-0.2, -0.15) is 0 Å². The standard InChI is InChI=1S/C5H6N2O4/c8-4-1-2-6-5(9)7(4)3-11-10/h1-2,10H,3H2,(H,6,9). The summed E-state index contributed by atoms with van der Waals surface area (Å²) in [4.78, 5) is 27.4. The Kier molecular flexibility index (Phi) is 2.19. The average molecular weight is 158 g/mol. The summed E-state index contributed by atoms with van der Waals surface area (Å²) in [6.45, 7) is -0.463. The number of hydrogen-bond acceptors (Lipinski definition) is 4. The molecule has 0 atom stereocenters. The van der Waals surface area contributed by atoms with E-state index in [0.717, 1.165) is 6.07 Å². The van der Waals surface area contributed by atoms with E-state index in [1.165, 1.54) is 6.20 Å². The fourth-order valence-corrected chi connectivity index (χ4v) is 0.632. The number of H-pyrrole nitrogens is 1. The highest BCUT2D eigenvalue weighted by molar-refractivity contribution is 4.81. The van der Waals surface area contributed by atoms with E-state index in [-0.39, 0.29) is 0 Å². The SMILES string of the molecule is O=c1cc[nH]c(=O)n1COO. The summed E-state index contributed by atoms with van der Waals surface area (Å²) in [6, 6.07) is 1.15. The maximum absolute atomic E-state index is 10.8. The van der Waals surface area contributed by atoms with Gasteiger partial charge in [-0.25, -0.2) is 19.5 Å². The van der Waals surface area contributed by atoms with Gasteiger partial charge in [0, 0.05) is 12.3 Å².